The van der Waals surface area contributed by atoms with Crippen LogP contribution in [0.15, 0.2) is 30.3 Å². The van der Waals surface area contributed by atoms with Gasteiger partial charge in [0.25, 0.3) is 0 Å². The van der Waals surface area contributed by atoms with Crippen LogP contribution in [0.5, 0.6) is 0 Å². The van der Waals surface area contributed by atoms with Crippen LogP contribution in [0, 0.1) is 0 Å². The molecule has 1 saturated heterocycles. The van der Waals surface area contributed by atoms with Crippen molar-refractivity contribution in [2.45, 2.75) is 57.2 Å². The molecule has 31 heavy (non-hydrogen) atoms. The minimum atomic E-state index is -1.15. The zero-order chi connectivity index (χ0) is 23.2. The molecule has 170 valence electrons. The molecule has 2 atom stereocenters. The number of hydrogen-bond donors (Lipinski definition) is 1. The number of carbonyl (C=O) groups excluding carboxylic acids is 4. The van der Waals surface area contributed by atoms with E-state index in [9.17, 15) is 19.2 Å². The SMILES string of the molecule is COC(=O)[C@H](CCN1C(=O)CC1(Cc1ccccc1)C(=O)OC)NC(=O)OC(C)(C)C. The summed E-state index contributed by atoms with van der Waals surface area (Å²) in [6.45, 7) is 5.16. The highest BCUT2D eigenvalue weighted by atomic mass is 16.6. The number of nitrogens with one attached hydrogen (secondary N) is 1. The molecule has 1 aromatic carbocycles. The number of benzene rings is 1. The second-order valence-electron chi connectivity index (χ2n) is 8.42. The number of ether oxygens (including phenoxy) is 3. The van der Waals surface area contributed by atoms with E-state index >= 15 is 0 Å². The highest BCUT2D eigenvalue weighted by Crippen LogP contribution is 2.37. The molecule has 1 aliphatic rings. The normalized spacial score (nSPS) is 19.1. The van der Waals surface area contributed by atoms with Crippen LogP contribution < -0.4 is 5.32 Å². The van der Waals surface area contributed by atoms with Crippen LogP contribution in [0.3, 0.4) is 0 Å². The maximum atomic E-state index is 12.6. The summed E-state index contributed by atoms with van der Waals surface area (Å²) in [6.07, 6.45) is -0.432. The van der Waals surface area contributed by atoms with E-state index in [2.05, 4.69) is 5.32 Å². The van der Waals surface area contributed by atoms with E-state index in [4.69, 9.17) is 14.2 Å². The van der Waals surface area contributed by atoms with Gasteiger partial charge in [-0.05, 0) is 32.8 Å². The first-order chi connectivity index (χ1) is 14.5. The molecule has 0 saturated carbocycles. The van der Waals surface area contributed by atoms with Crippen molar-refractivity contribution in [2.24, 2.45) is 0 Å². The lowest BCUT2D eigenvalue weighted by Crippen LogP contribution is -2.69. The Labute approximate surface area is 182 Å². The maximum absolute atomic E-state index is 12.6. The van der Waals surface area contributed by atoms with Crippen molar-refractivity contribution in [3.8, 4) is 0 Å². The Bertz CT molecular complexity index is 819. The molecule has 0 aliphatic carbocycles. The van der Waals surface area contributed by atoms with Crippen molar-refractivity contribution in [1.29, 1.82) is 0 Å². The number of β-lactam (4-membered cyclic amide) rings is 1. The van der Waals surface area contributed by atoms with Crippen LogP contribution >= 0.6 is 0 Å². The number of likely N-dealkylation sites (tertiary alicyclic amines) is 1. The van der Waals surface area contributed by atoms with Crippen LogP contribution in [-0.4, -0.2) is 66.8 Å². The minimum Gasteiger partial charge on any atom is -0.467 e. The lowest BCUT2D eigenvalue weighted by molar-refractivity contribution is -0.178. The van der Waals surface area contributed by atoms with Gasteiger partial charge in [0, 0.05) is 13.0 Å². The van der Waals surface area contributed by atoms with Gasteiger partial charge in [-0.1, -0.05) is 30.3 Å². The molecule has 1 aromatic rings. The van der Waals surface area contributed by atoms with E-state index in [0.717, 1.165) is 5.56 Å². The molecule has 0 radical (unpaired) electrons. The minimum absolute atomic E-state index is 0.0109. The smallest absolute Gasteiger partial charge is 0.408 e. The number of methoxy groups -OCH3 is 2. The monoisotopic (exact) mass is 434 g/mol. The highest BCUT2D eigenvalue weighted by Gasteiger charge is 2.57. The predicted octanol–water partition coefficient (Wildman–Crippen LogP) is 1.83. The second-order valence-corrected chi connectivity index (χ2v) is 8.42. The largest absolute Gasteiger partial charge is 0.467 e. The summed E-state index contributed by atoms with van der Waals surface area (Å²) in [6, 6.07) is 8.26. The van der Waals surface area contributed by atoms with Gasteiger partial charge >= 0.3 is 18.0 Å². The number of nitrogens with zero attached hydrogens (tertiary/aromatic N) is 1. The summed E-state index contributed by atoms with van der Waals surface area (Å²) in [4.78, 5) is 50.7. The van der Waals surface area contributed by atoms with E-state index in [1.54, 1.807) is 20.8 Å². The topological polar surface area (TPSA) is 111 Å². The zero-order valence-corrected chi connectivity index (χ0v) is 18.6. The van der Waals surface area contributed by atoms with Gasteiger partial charge in [0.15, 0.2) is 5.54 Å². The lowest BCUT2D eigenvalue weighted by atomic mass is 9.78. The summed E-state index contributed by atoms with van der Waals surface area (Å²) in [5, 5.41) is 2.47. The fourth-order valence-electron chi connectivity index (χ4n) is 3.56. The third-order valence-corrected chi connectivity index (χ3v) is 4.98. The first-order valence-electron chi connectivity index (χ1n) is 10.0. The quantitative estimate of drug-likeness (QED) is 0.377. The molecular formula is C22H30N2O7. The molecule has 0 bridgehead atoms. The molecule has 9 heteroatoms. The number of alkyl carbamates (subject to hydrolysis) is 1. The van der Waals surface area contributed by atoms with Gasteiger partial charge in [-0.15, -0.1) is 0 Å². The molecule has 2 rings (SSSR count). The molecule has 1 aliphatic heterocycles. The molecule has 1 N–H and O–H groups in total. The van der Waals surface area contributed by atoms with Gasteiger partial charge in [0.05, 0.1) is 20.6 Å². The number of amides is 2. The molecular weight excluding hydrogens is 404 g/mol. The summed E-state index contributed by atoms with van der Waals surface area (Å²) in [5.41, 5.74) is -1.02. The molecule has 9 nitrogen and oxygen atoms in total. The second kappa shape index (κ2) is 9.80. The highest BCUT2D eigenvalue weighted by molar-refractivity contribution is 5.99. The lowest BCUT2D eigenvalue weighted by Gasteiger charge is -2.50. The van der Waals surface area contributed by atoms with Gasteiger partial charge in [-0.2, -0.15) is 0 Å². The number of carbonyl (C=O) groups is 4. The summed E-state index contributed by atoms with van der Waals surface area (Å²) < 4.78 is 14.9. The Morgan fingerprint density at radius 3 is 2.29 bits per heavy atom. The van der Waals surface area contributed by atoms with Crippen LogP contribution in [0.25, 0.3) is 0 Å². The molecule has 0 aromatic heterocycles. The van der Waals surface area contributed by atoms with Crippen LogP contribution in [0.1, 0.15) is 39.2 Å². The van der Waals surface area contributed by atoms with Crippen molar-refractivity contribution in [2.75, 3.05) is 20.8 Å². The van der Waals surface area contributed by atoms with E-state index in [0.29, 0.717) is 0 Å². The van der Waals surface area contributed by atoms with Crippen LogP contribution in [0.4, 0.5) is 4.79 Å². The van der Waals surface area contributed by atoms with Crippen molar-refractivity contribution in [1.82, 2.24) is 10.2 Å². The Morgan fingerprint density at radius 1 is 1.13 bits per heavy atom. The average Bonchev–Trinajstić information content (AvgIpc) is 2.70. The van der Waals surface area contributed by atoms with E-state index in [-0.39, 0.29) is 31.7 Å². The van der Waals surface area contributed by atoms with Gasteiger partial charge in [-0.25, -0.2) is 14.4 Å². The molecule has 2 amide bonds. The summed E-state index contributed by atoms with van der Waals surface area (Å²) >= 11 is 0. The standard InChI is InChI=1S/C22H30N2O7/c1-21(2,3)31-20(28)23-16(18(26)29-4)11-12-24-17(25)14-22(24,19(27)30-5)13-15-9-7-6-8-10-15/h6-10,16H,11-14H2,1-5H3,(H,23,28)/t16-,22?/m0/s1. The first kappa shape index (κ1) is 24.2. The average molecular weight is 434 g/mol. The molecule has 1 unspecified atom stereocenters. The number of hydrogen-bond acceptors (Lipinski definition) is 7. The van der Waals surface area contributed by atoms with E-state index in [1.807, 2.05) is 30.3 Å². The number of rotatable bonds is 8. The first-order valence-corrected chi connectivity index (χ1v) is 10.0. The molecule has 1 heterocycles. The molecule has 0 spiro atoms. The van der Waals surface area contributed by atoms with Crippen LogP contribution in [0.2, 0.25) is 0 Å². The summed E-state index contributed by atoms with van der Waals surface area (Å²) in [7, 11) is 2.48. The van der Waals surface area contributed by atoms with Gasteiger partial charge < -0.3 is 24.4 Å². The van der Waals surface area contributed by atoms with Crippen molar-refractivity contribution >= 4 is 23.9 Å². The van der Waals surface area contributed by atoms with Crippen molar-refractivity contribution < 1.29 is 33.4 Å². The van der Waals surface area contributed by atoms with Gasteiger partial charge in [0.1, 0.15) is 11.6 Å². The Kier molecular flexibility index (Phi) is 7.65. The fourth-order valence-corrected chi connectivity index (χ4v) is 3.56. The maximum Gasteiger partial charge on any atom is 0.408 e. The fraction of sp³-hybridized carbons (Fsp3) is 0.545. The van der Waals surface area contributed by atoms with Gasteiger partial charge in [-0.3, -0.25) is 4.79 Å². The van der Waals surface area contributed by atoms with Crippen molar-refractivity contribution in [3.63, 3.8) is 0 Å². The van der Waals surface area contributed by atoms with Gasteiger partial charge in [0.2, 0.25) is 5.91 Å². The Hall–Kier alpha value is -3.10. The zero-order valence-electron chi connectivity index (χ0n) is 18.6. The van der Waals surface area contributed by atoms with Crippen LogP contribution in [-0.2, 0) is 35.0 Å². The van der Waals surface area contributed by atoms with E-state index < -0.39 is 35.2 Å². The third-order valence-electron chi connectivity index (χ3n) is 4.98. The number of esters is 2. The summed E-state index contributed by atoms with van der Waals surface area (Å²) in [5.74, 6) is -1.43. The predicted molar refractivity (Wildman–Crippen MR) is 111 cm³/mol. The Balaban J connectivity index is 2.15. The van der Waals surface area contributed by atoms with Crippen molar-refractivity contribution in [3.05, 3.63) is 35.9 Å². The van der Waals surface area contributed by atoms with E-state index in [1.165, 1.54) is 19.1 Å². The molecule has 1 fully saturated rings. The Morgan fingerprint density at radius 2 is 1.77 bits per heavy atom. The third kappa shape index (κ3) is 5.96.